The fourth-order valence-electron chi connectivity index (χ4n) is 2.15. The molecular formula is C16H19F3N2O4. The van der Waals surface area contributed by atoms with E-state index in [4.69, 9.17) is 9.57 Å². The summed E-state index contributed by atoms with van der Waals surface area (Å²) in [7, 11) is 2.80. The van der Waals surface area contributed by atoms with Gasteiger partial charge in [0.05, 0.1) is 19.9 Å². The van der Waals surface area contributed by atoms with E-state index in [1.807, 2.05) is 0 Å². The van der Waals surface area contributed by atoms with Crippen molar-refractivity contribution in [1.29, 1.82) is 0 Å². The van der Waals surface area contributed by atoms with E-state index in [9.17, 15) is 18.0 Å². The molecule has 0 bridgehead atoms. The number of hydrogen-bond donors (Lipinski definition) is 0. The molecule has 0 fully saturated rings. The number of alkyl halides is 3. The number of halogens is 3. The van der Waals surface area contributed by atoms with E-state index in [-0.39, 0.29) is 19.2 Å². The first-order valence-electron chi connectivity index (χ1n) is 7.42. The molecule has 9 heteroatoms. The van der Waals surface area contributed by atoms with Crippen molar-refractivity contribution >= 4 is 11.6 Å². The van der Waals surface area contributed by atoms with Crippen molar-refractivity contribution in [1.82, 2.24) is 5.06 Å². The van der Waals surface area contributed by atoms with Gasteiger partial charge < -0.3 is 14.4 Å². The Balaban J connectivity index is 2.05. The van der Waals surface area contributed by atoms with Crippen LogP contribution < -0.4 is 4.90 Å². The van der Waals surface area contributed by atoms with E-state index in [1.165, 1.54) is 19.1 Å². The van der Waals surface area contributed by atoms with Gasteiger partial charge in [0, 0.05) is 12.8 Å². The number of amides is 1. The van der Waals surface area contributed by atoms with Crippen LogP contribution in [0.3, 0.4) is 0 Å². The van der Waals surface area contributed by atoms with Gasteiger partial charge in [0.2, 0.25) is 5.76 Å². The predicted octanol–water partition coefficient (Wildman–Crippen LogP) is 2.81. The first kappa shape index (κ1) is 19.1. The summed E-state index contributed by atoms with van der Waals surface area (Å²) in [6, 6.07) is 6.69. The monoisotopic (exact) mass is 360 g/mol. The number of nitrogens with zero attached hydrogens (tertiary/aromatic N) is 2. The Morgan fingerprint density at radius 1 is 1.32 bits per heavy atom. The molecule has 1 atom stereocenters. The van der Waals surface area contributed by atoms with E-state index in [0.717, 1.165) is 16.8 Å². The number of ether oxygens (including phenoxy) is 2. The molecule has 1 heterocycles. The van der Waals surface area contributed by atoms with Gasteiger partial charge in [-0.15, -0.1) is 0 Å². The van der Waals surface area contributed by atoms with Crippen LogP contribution in [0, 0.1) is 0 Å². The van der Waals surface area contributed by atoms with Crippen molar-refractivity contribution < 1.29 is 32.3 Å². The first-order chi connectivity index (χ1) is 11.8. The zero-order valence-electron chi connectivity index (χ0n) is 14.0. The Hall–Kier alpha value is -2.26. The average Bonchev–Trinajstić information content (AvgIpc) is 3.09. The maximum atomic E-state index is 12.6. The summed E-state index contributed by atoms with van der Waals surface area (Å²) in [5.74, 6) is -1.36. The highest BCUT2D eigenvalue weighted by Crippen LogP contribution is 2.32. The number of carbonyl (C=O) groups excluding carboxylic acids is 1. The van der Waals surface area contributed by atoms with Crippen LogP contribution in [0.1, 0.15) is 12.5 Å². The molecule has 0 radical (unpaired) electrons. The molecule has 1 aliphatic heterocycles. The number of anilines is 1. The fourth-order valence-corrected chi connectivity index (χ4v) is 2.15. The van der Waals surface area contributed by atoms with Crippen LogP contribution in [0.15, 0.2) is 36.2 Å². The highest BCUT2D eigenvalue weighted by atomic mass is 19.4. The van der Waals surface area contributed by atoms with Crippen molar-refractivity contribution in [2.24, 2.45) is 0 Å². The van der Waals surface area contributed by atoms with Crippen molar-refractivity contribution in [2.45, 2.75) is 25.7 Å². The fraction of sp³-hybridized carbons (Fsp3) is 0.438. The maximum absolute atomic E-state index is 12.6. The molecule has 0 N–H and O–H groups in total. The predicted molar refractivity (Wildman–Crippen MR) is 83.0 cm³/mol. The summed E-state index contributed by atoms with van der Waals surface area (Å²) < 4.78 is 47.4. The van der Waals surface area contributed by atoms with Gasteiger partial charge >= 0.3 is 6.18 Å². The van der Waals surface area contributed by atoms with Gasteiger partial charge in [-0.2, -0.15) is 13.2 Å². The van der Waals surface area contributed by atoms with Crippen molar-refractivity contribution in [3.63, 3.8) is 0 Å². The number of carbonyl (C=O) groups is 1. The van der Waals surface area contributed by atoms with E-state index in [1.54, 1.807) is 31.2 Å². The smallest absolute Gasteiger partial charge is 0.450 e. The molecule has 1 amide bonds. The largest absolute Gasteiger partial charge is 0.466 e. The standard InChI is InChI=1S/C16H19F3N2O4/c1-11(23-2)15(22)21(24-3)8-12-4-6-13(7-5-12)20-9-14(25-10-20)16(17,18)19/h4-7,9,11H,8,10H2,1-3H3. The summed E-state index contributed by atoms with van der Waals surface area (Å²) in [5, 5.41) is 1.16. The molecule has 0 spiro atoms. The Bertz CT molecular complexity index is 631. The van der Waals surface area contributed by atoms with E-state index < -0.39 is 18.0 Å². The van der Waals surface area contributed by atoms with Crippen molar-refractivity contribution in [3.8, 4) is 0 Å². The normalized spacial score (nSPS) is 15.6. The number of allylic oxidation sites excluding steroid dienone is 1. The number of methoxy groups -OCH3 is 1. The minimum absolute atomic E-state index is 0.184. The second kappa shape index (κ2) is 7.75. The van der Waals surface area contributed by atoms with Gasteiger partial charge in [0.15, 0.2) is 6.73 Å². The molecule has 0 saturated carbocycles. The summed E-state index contributed by atoms with van der Waals surface area (Å²) in [5.41, 5.74) is 1.30. The van der Waals surface area contributed by atoms with Gasteiger partial charge in [-0.3, -0.25) is 9.63 Å². The Morgan fingerprint density at radius 2 is 1.96 bits per heavy atom. The molecule has 0 saturated heterocycles. The zero-order chi connectivity index (χ0) is 18.6. The molecule has 0 aromatic heterocycles. The van der Waals surface area contributed by atoms with Crippen LogP contribution in [-0.2, 0) is 25.7 Å². The summed E-state index contributed by atoms with van der Waals surface area (Å²) in [6.45, 7) is 1.58. The lowest BCUT2D eigenvalue weighted by atomic mass is 10.2. The topological polar surface area (TPSA) is 51.2 Å². The van der Waals surface area contributed by atoms with Gasteiger partial charge in [0.25, 0.3) is 5.91 Å². The molecule has 25 heavy (non-hydrogen) atoms. The molecule has 1 unspecified atom stereocenters. The maximum Gasteiger partial charge on any atom is 0.450 e. The minimum Gasteiger partial charge on any atom is -0.466 e. The third-order valence-corrected chi connectivity index (χ3v) is 3.67. The molecule has 2 rings (SSSR count). The van der Waals surface area contributed by atoms with E-state index in [0.29, 0.717) is 5.69 Å². The molecule has 1 aliphatic rings. The third-order valence-electron chi connectivity index (χ3n) is 3.67. The van der Waals surface area contributed by atoms with Gasteiger partial charge in [0.1, 0.15) is 6.10 Å². The SMILES string of the molecule is COC(C)C(=O)N(Cc1ccc(N2C=C(C(F)(F)F)OC2)cc1)OC. The van der Waals surface area contributed by atoms with E-state index in [2.05, 4.69) is 4.74 Å². The van der Waals surface area contributed by atoms with Crippen LogP contribution in [0.25, 0.3) is 0 Å². The van der Waals surface area contributed by atoms with Crippen molar-refractivity contribution in [2.75, 3.05) is 25.9 Å². The second-order valence-corrected chi connectivity index (χ2v) is 5.34. The lowest BCUT2D eigenvalue weighted by molar-refractivity contribution is -0.188. The van der Waals surface area contributed by atoms with Crippen LogP contribution >= 0.6 is 0 Å². The van der Waals surface area contributed by atoms with E-state index >= 15 is 0 Å². The van der Waals surface area contributed by atoms with Gasteiger partial charge in [-0.05, 0) is 24.6 Å². The lowest BCUT2D eigenvalue weighted by Gasteiger charge is -2.23. The quantitative estimate of drug-likeness (QED) is 0.731. The summed E-state index contributed by atoms with van der Waals surface area (Å²) >= 11 is 0. The molecule has 1 aromatic carbocycles. The van der Waals surface area contributed by atoms with Crippen LogP contribution in [0.2, 0.25) is 0 Å². The molecule has 138 valence electrons. The van der Waals surface area contributed by atoms with Gasteiger partial charge in [-0.25, -0.2) is 5.06 Å². The highest BCUT2D eigenvalue weighted by molar-refractivity contribution is 5.79. The Labute approximate surface area is 143 Å². The Kier molecular flexibility index (Phi) is 5.91. The summed E-state index contributed by atoms with van der Waals surface area (Å²) in [4.78, 5) is 18.5. The third kappa shape index (κ3) is 4.64. The van der Waals surface area contributed by atoms with Crippen LogP contribution in [0.4, 0.5) is 18.9 Å². The number of benzene rings is 1. The Morgan fingerprint density at radius 3 is 2.44 bits per heavy atom. The molecule has 6 nitrogen and oxygen atoms in total. The number of rotatable bonds is 6. The second-order valence-electron chi connectivity index (χ2n) is 5.34. The molecule has 0 aliphatic carbocycles. The van der Waals surface area contributed by atoms with Crippen molar-refractivity contribution in [3.05, 3.63) is 41.8 Å². The average molecular weight is 360 g/mol. The molecular weight excluding hydrogens is 341 g/mol. The zero-order valence-corrected chi connectivity index (χ0v) is 14.0. The first-order valence-corrected chi connectivity index (χ1v) is 7.42. The van der Waals surface area contributed by atoms with Crippen LogP contribution in [-0.4, -0.2) is 44.2 Å². The number of hydroxylamine groups is 2. The minimum atomic E-state index is -4.51. The summed E-state index contributed by atoms with van der Waals surface area (Å²) in [6.07, 6.45) is -4.24. The lowest BCUT2D eigenvalue weighted by Crippen LogP contribution is -2.37. The number of hydrogen-bond acceptors (Lipinski definition) is 5. The highest BCUT2D eigenvalue weighted by Gasteiger charge is 2.39. The molecule has 1 aromatic rings. The van der Waals surface area contributed by atoms with Crippen LogP contribution in [0.5, 0.6) is 0 Å². The van der Waals surface area contributed by atoms with Gasteiger partial charge in [-0.1, -0.05) is 12.1 Å².